The Labute approximate surface area is 99.2 Å². The lowest BCUT2D eigenvalue weighted by Gasteiger charge is -2.38. The largest absolute Gasteiger partial charge is 0.381 e. The summed E-state index contributed by atoms with van der Waals surface area (Å²) in [7, 11) is 0. The summed E-state index contributed by atoms with van der Waals surface area (Å²) < 4.78 is 13.3. The second-order valence-electron chi connectivity index (χ2n) is 4.98. The van der Waals surface area contributed by atoms with Crippen molar-refractivity contribution in [2.24, 2.45) is 5.92 Å². The average molecular weight is 241 g/mol. The molecule has 1 unspecified atom stereocenters. The lowest BCUT2D eigenvalue weighted by Crippen LogP contribution is -2.47. The zero-order valence-electron chi connectivity index (χ0n) is 9.11. The third-order valence-corrected chi connectivity index (χ3v) is 3.89. The fourth-order valence-corrected chi connectivity index (χ4v) is 2.56. The van der Waals surface area contributed by atoms with Crippen LogP contribution in [0.3, 0.4) is 0 Å². The molecule has 0 amide bonds. The van der Waals surface area contributed by atoms with E-state index in [2.05, 4.69) is 17.6 Å². The third kappa shape index (κ3) is 1.54. The Balaban J connectivity index is 1.96. The maximum Gasteiger partial charge on any atom is 0.143 e. The van der Waals surface area contributed by atoms with E-state index in [9.17, 15) is 4.39 Å². The van der Waals surface area contributed by atoms with Crippen LogP contribution in [0.2, 0.25) is 5.02 Å². The van der Waals surface area contributed by atoms with Crippen molar-refractivity contribution in [2.45, 2.75) is 25.3 Å². The van der Waals surface area contributed by atoms with E-state index in [1.807, 2.05) is 0 Å². The number of fused-ring (bicyclic) bond motifs is 1. The van der Waals surface area contributed by atoms with E-state index >= 15 is 0 Å². The topological polar surface area (TPSA) is 24.1 Å². The van der Waals surface area contributed by atoms with Crippen molar-refractivity contribution in [2.75, 3.05) is 17.2 Å². The number of benzene rings is 1. The van der Waals surface area contributed by atoms with Crippen LogP contribution in [-0.4, -0.2) is 12.1 Å². The van der Waals surface area contributed by atoms with Gasteiger partial charge in [0.05, 0.1) is 21.9 Å². The molecular weight excluding hydrogens is 227 g/mol. The first-order chi connectivity index (χ1) is 7.58. The number of rotatable bonds is 1. The molecular formula is C12H14ClFN2. The van der Waals surface area contributed by atoms with Crippen molar-refractivity contribution < 1.29 is 4.39 Å². The molecule has 2 N–H and O–H groups in total. The predicted octanol–water partition coefficient (Wildman–Crippen LogP) is 3.49. The summed E-state index contributed by atoms with van der Waals surface area (Å²) in [6, 6.07) is 3.12. The van der Waals surface area contributed by atoms with E-state index in [0.29, 0.717) is 0 Å². The van der Waals surface area contributed by atoms with Gasteiger partial charge in [0.1, 0.15) is 5.82 Å². The average Bonchev–Trinajstić information content (AvgIpc) is 3.04. The Bertz CT molecular complexity index is 445. The van der Waals surface area contributed by atoms with Gasteiger partial charge in [0.25, 0.3) is 0 Å². The lowest BCUT2D eigenvalue weighted by atomic mass is 9.92. The summed E-state index contributed by atoms with van der Waals surface area (Å²) in [4.78, 5) is 0. The molecule has 2 aliphatic rings. The van der Waals surface area contributed by atoms with Crippen molar-refractivity contribution in [3.63, 3.8) is 0 Å². The maximum atomic E-state index is 13.3. The van der Waals surface area contributed by atoms with Gasteiger partial charge in [0.15, 0.2) is 0 Å². The molecule has 2 nitrogen and oxygen atoms in total. The van der Waals surface area contributed by atoms with Crippen molar-refractivity contribution in [1.29, 1.82) is 0 Å². The fourth-order valence-electron chi connectivity index (χ4n) is 2.39. The number of halogens is 2. The minimum atomic E-state index is -0.371. The third-order valence-electron chi connectivity index (χ3n) is 3.61. The van der Waals surface area contributed by atoms with Gasteiger partial charge in [-0.25, -0.2) is 4.39 Å². The zero-order valence-corrected chi connectivity index (χ0v) is 9.87. The van der Waals surface area contributed by atoms with Crippen LogP contribution in [0.4, 0.5) is 15.8 Å². The zero-order chi connectivity index (χ0) is 11.3. The highest BCUT2D eigenvalue weighted by Crippen LogP contribution is 2.45. The lowest BCUT2D eigenvalue weighted by molar-refractivity contribution is 0.465. The number of nitrogens with one attached hydrogen (secondary N) is 2. The van der Waals surface area contributed by atoms with Crippen LogP contribution in [0, 0.1) is 11.7 Å². The predicted molar refractivity (Wildman–Crippen MR) is 64.7 cm³/mol. The van der Waals surface area contributed by atoms with Crippen LogP contribution >= 0.6 is 11.6 Å². The van der Waals surface area contributed by atoms with Gasteiger partial charge in [0, 0.05) is 12.6 Å². The summed E-state index contributed by atoms with van der Waals surface area (Å²) in [5.74, 6) is 0.349. The SMILES string of the molecule is CC1(C2CC2)CNc2cc(F)c(Cl)cc2N1. The monoisotopic (exact) mass is 240 g/mol. The molecule has 1 aromatic carbocycles. The first kappa shape index (κ1) is 10.2. The van der Waals surface area contributed by atoms with E-state index in [1.54, 1.807) is 6.07 Å². The highest BCUT2D eigenvalue weighted by Gasteiger charge is 2.43. The number of hydrogen-bond donors (Lipinski definition) is 2. The van der Waals surface area contributed by atoms with E-state index in [4.69, 9.17) is 11.6 Å². The molecule has 1 aliphatic carbocycles. The second kappa shape index (κ2) is 3.27. The Kier molecular flexibility index (Phi) is 2.08. The normalized spacial score (nSPS) is 27.9. The molecule has 1 fully saturated rings. The van der Waals surface area contributed by atoms with E-state index < -0.39 is 0 Å². The minimum absolute atomic E-state index is 0.0775. The summed E-state index contributed by atoms with van der Waals surface area (Å²) in [5, 5.41) is 6.95. The second-order valence-corrected chi connectivity index (χ2v) is 5.39. The molecule has 3 rings (SSSR count). The molecule has 16 heavy (non-hydrogen) atoms. The highest BCUT2D eigenvalue weighted by atomic mass is 35.5. The van der Waals surface area contributed by atoms with Crippen molar-refractivity contribution in [1.82, 2.24) is 0 Å². The van der Waals surface area contributed by atoms with Gasteiger partial charge >= 0.3 is 0 Å². The van der Waals surface area contributed by atoms with Crippen LogP contribution in [0.1, 0.15) is 19.8 Å². The summed E-state index contributed by atoms with van der Waals surface area (Å²) in [6.45, 7) is 3.05. The van der Waals surface area contributed by atoms with Crippen LogP contribution < -0.4 is 10.6 Å². The molecule has 1 aliphatic heterocycles. The van der Waals surface area contributed by atoms with Crippen LogP contribution in [0.5, 0.6) is 0 Å². The quantitative estimate of drug-likeness (QED) is 0.785. The van der Waals surface area contributed by atoms with Gasteiger partial charge in [-0.2, -0.15) is 0 Å². The standard InChI is InChI=1S/C12H14ClFN2/c1-12(7-2-3-7)6-15-10-5-9(14)8(13)4-11(10)16-12/h4-5,7,15-16H,2-3,6H2,1H3. The summed E-state index contributed by atoms with van der Waals surface area (Å²) in [5.41, 5.74) is 1.79. The molecule has 1 aromatic rings. The Morgan fingerprint density at radius 1 is 1.38 bits per heavy atom. The molecule has 1 heterocycles. The van der Waals surface area contributed by atoms with Gasteiger partial charge in [-0.3, -0.25) is 0 Å². The molecule has 0 saturated heterocycles. The summed E-state index contributed by atoms with van der Waals surface area (Å²) >= 11 is 5.79. The van der Waals surface area contributed by atoms with Gasteiger partial charge in [-0.15, -0.1) is 0 Å². The first-order valence-electron chi connectivity index (χ1n) is 5.59. The Morgan fingerprint density at radius 2 is 2.12 bits per heavy atom. The van der Waals surface area contributed by atoms with Crippen molar-refractivity contribution in [3.8, 4) is 0 Å². The Hall–Kier alpha value is -0.960. The van der Waals surface area contributed by atoms with E-state index in [1.165, 1.54) is 18.9 Å². The minimum Gasteiger partial charge on any atom is -0.381 e. The molecule has 0 radical (unpaired) electrons. The molecule has 0 bridgehead atoms. The number of anilines is 2. The van der Waals surface area contributed by atoms with Crippen LogP contribution in [0.25, 0.3) is 0 Å². The van der Waals surface area contributed by atoms with Gasteiger partial charge in [-0.05, 0) is 31.7 Å². The van der Waals surface area contributed by atoms with Gasteiger partial charge in [0.2, 0.25) is 0 Å². The molecule has 1 atom stereocenters. The van der Waals surface area contributed by atoms with Crippen LogP contribution in [-0.2, 0) is 0 Å². The van der Waals surface area contributed by atoms with Gasteiger partial charge < -0.3 is 10.6 Å². The molecule has 1 saturated carbocycles. The highest BCUT2D eigenvalue weighted by molar-refractivity contribution is 6.31. The smallest absolute Gasteiger partial charge is 0.143 e. The van der Waals surface area contributed by atoms with Crippen molar-refractivity contribution >= 4 is 23.0 Å². The Morgan fingerprint density at radius 3 is 2.81 bits per heavy atom. The molecule has 0 aromatic heterocycles. The maximum absolute atomic E-state index is 13.3. The molecule has 0 spiro atoms. The van der Waals surface area contributed by atoms with E-state index in [-0.39, 0.29) is 16.4 Å². The molecule has 86 valence electrons. The fraction of sp³-hybridized carbons (Fsp3) is 0.500. The van der Waals surface area contributed by atoms with Gasteiger partial charge in [-0.1, -0.05) is 11.6 Å². The number of hydrogen-bond acceptors (Lipinski definition) is 2. The summed E-state index contributed by atoms with van der Waals surface area (Å²) in [6.07, 6.45) is 2.55. The van der Waals surface area contributed by atoms with Crippen molar-refractivity contribution in [3.05, 3.63) is 23.0 Å². The molecule has 4 heteroatoms. The van der Waals surface area contributed by atoms with Crippen LogP contribution in [0.15, 0.2) is 12.1 Å². The first-order valence-corrected chi connectivity index (χ1v) is 5.97. The van der Waals surface area contributed by atoms with E-state index in [0.717, 1.165) is 23.8 Å².